The second kappa shape index (κ2) is 5.95. The molecule has 2 aromatic rings. The Labute approximate surface area is 118 Å². The van der Waals surface area contributed by atoms with Gasteiger partial charge in [-0.3, -0.25) is 4.79 Å². The highest BCUT2D eigenvalue weighted by molar-refractivity contribution is 5.99. The molecule has 0 aliphatic heterocycles. The third-order valence-corrected chi connectivity index (χ3v) is 2.79. The second-order valence-electron chi connectivity index (χ2n) is 4.31. The summed E-state index contributed by atoms with van der Waals surface area (Å²) in [5.74, 6) is -5.71. The minimum absolute atomic E-state index is 0.127. The monoisotopic (exact) mass is 298 g/mol. The summed E-state index contributed by atoms with van der Waals surface area (Å²) in [6.45, 7) is 1.30. The molecule has 21 heavy (non-hydrogen) atoms. The van der Waals surface area contributed by atoms with E-state index in [0.29, 0.717) is 0 Å². The minimum atomic E-state index is -1.22. The number of rotatable bonds is 4. The fourth-order valence-electron chi connectivity index (χ4n) is 1.70. The Balaban J connectivity index is 2.19. The van der Waals surface area contributed by atoms with Gasteiger partial charge in [-0.15, -0.1) is 0 Å². The summed E-state index contributed by atoms with van der Waals surface area (Å²) < 4.78 is 57.3. The fourth-order valence-corrected chi connectivity index (χ4v) is 1.70. The number of halogens is 4. The van der Waals surface area contributed by atoms with Gasteiger partial charge in [0.15, 0.2) is 29.3 Å². The van der Waals surface area contributed by atoms with E-state index >= 15 is 0 Å². The van der Waals surface area contributed by atoms with E-state index < -0.39 is 40.9 Å². The van der Waals surface area contributed by atoms with Crippen molar-refractivity contribution in [2.24, 2.45) is 0 Å². The smallest absolute Gasteiger partial charge is 0.203 e. The van der Waals surface area contributed by atoms with E-state index in [1.807, 2.05) is 0 Å². The largest absolute Gasteiger partial charge is 0.479 e. The molecule has 0 spiro atoms. The standard InChI is InChI=1S/C15H10F4O2/c1-8(21-13-4-2-3-11(17)14(13)19)15(20)9-5-6-10(16)12(18)7-9/h2-8H,1H3. The van der Waals surface area contributed by atoms with Crippen molar-refractivity contribution in [2.45, 2.75) is 13.0 Å². The van der Waals surface area contributed by atoms with Crippen molar-refractivity contribution in [3.63, 3.8) is 0 Å². The molecule has 0 aliphatic rings. The zero-order chi connectivity index (χ0) is 15.6. The Bertz CT molecular complexity index is 685. The highest BCUT2D eigenvalue weighted by Gasteiger charge is 2.20. The molecule has 0 aliphatic carbocycles. The molecule has 110 valence electrons. The maximum absolute atomic E-state index is 13.4. The van der Waals surface area contributed by atoms with Crippen molar-refractivity contribution >= 4 is 5.78 Å². The number of ketones is 1. The van der Waals surface area contributed by atoms with Crippen LogP contribution in [0.5, 0.6) is 5.75 Å². The first kappa shape index (κ1) is 15.0. The summed E-state index contributed by atoms with van der Waals surface area (Å²) in [6.07, 6.45) is -1.19. The van der Waals surface area contributed by atoms with Crippen molar-refractivity contribution in [3.8, 4) is 5.75 Å². The van der Waals surface area contributed by atoms with E-state index in [2.05, 4.69) is 0 Å². The molecule has 2 nitrogen and oxygen atoms in total. The first-order valence-corrected chi connectivity index (χ1v) is 6.00. The molecule has 0 aromatic heterocycles. The topological polar surface area (TPSA) is 26.3 Å². The van der Waals surface area contributed by atoms with Crippen molar-refractivity contribution in [2.75, 3.05) is 0 Å². The number of hydrogen-bond donors (Lipinski definition) is 0. The number of carbonyl (C=O) groups excluding carboxylic acids is 1. The molecule has 0 fully saturated rings. The lowest BCUT2D eigenvalue weighted by atomic mass is 10.1. The summed E-state index contributed by atoms with van der Waals surface area (Å²) >= 11 is 0. The average Bonchev–Trinajstić information content (AvgIpc) is 2.46. The minimum Gasteiger partial charge on any atom is -0.479 e. The highest BCUT2D eigenvalue weighted by atomic mass is 19.2. The average molecular weight is 298 g/mol. The van der Waals surface area contributed by atoms with Gasteiger partial charge in [0.05, 0.1) is 0 Å². The summed E-state index contributed by atoms with van der Waals surface area (Å²) in [6, 6.07) is 5.90. The van der Waals surface area contributed by atoms with E-state index in [4.69, 9.17) is 4.74 Å². The molecule has 0 radical (unpaired) electrons. The van der Waals surface area contributed by atoms with Gasteiger partial charge in [-0.1, -0.05) is 6.07 Å². The molecule has 0 saturated heterocycles. The van der Waals surface area contributed by atoms with Gasteiger partial charge in [0.2, 0.25) is 11.6 Å². The second-order valence-corrected chi connectivity index (χ2v) is 4.31. The molecule has 0 saturated carbocycles. The Morgan fingerprint density at radius 1 is 1.00 bits per heavy atom. The quantitative estimate of drug-likeness (QED) is 0.632. The predicted octanol–water partition coefficient (Wildman–Crippen LogP) is 3.89. The van der Waals surface area contributed by atoms with Crippen LogP contribution in [-0.2, 0) is 0 Å². The van der Waals surface area contributed by atoms with Gasteiger partial charge in [-0.25, -0.2) is 13.2 Å². The highest BCUT2D eigenvalue weighted by Crippen LogP contribution is 2.21. The van der Waals surface area contributed by atoms with Crippen molar-refractivity contribution < 1.29 is 27.1 Å². The number of Topliss-reactive ketones (excluding diaryl/α,β-unsaturated/α-hetero) is 1. The van der Waals surface area contributed by atoms with Crippen molar-refractivity contribution in [1.82, 2.24) is 0 Å². The summed E-state index contributed by atoms with van der Waals surface area (Å²) in [5, 5.41) is 0. The third kappa shape index (κ3) is 3.21. The van der Waals surface area contributed by atoms with Crippen LogP contribution in [0, 0.1) is 23.3 Å². The van der Waals surface area contributed by atoms with Crippen LogP contribution in [0.2, 0.25) is 0 Å². The lowest BCUT2D eigenvalue weighted by Gasteiger charge is -2.14. The van der Waals surface area contributed by atoms with Gasteiger partial charge in [0.1, 0.15) is 0 Å². The third-order valence-electron chi connectivity index (χ3n) is 2.79. The summed E-state index contributed by atoms with van der Waals surface area (Å²) in [4.78, 5) is 12.0. The van der Waals surface area contributed by atoms with Crippen LogP contribution < -0.4 is 4.74 Å². The van der Waals surface area contributed by atoms with E-state index in [1.165, 1.54) is 13.0 Å². The van der Waals surface area contributed by atoms with E-state index in [-0.39, 0.29) is 5.56 Å². The van der Waals surface area contributed by atoms with E-state index in [1.54, 1.807) is 0 Å². The van der Waals surface area contributed by atoms with Crippen LogP contribution in [0.1, 0.15) is 17.3 Å². The van der Waals surface area contributed by atoms with Crippen LogP contribution in [0.15, 0.2) is 36.4 Å². The Kier molecular flexibility index (Phi) is 4.26. The molecular formula is C15H10F4O2. The van der Waals surface area contributed by atoms with E-state index in [0.717, 1.165) is 30.3 Å². The molecule has 2 aromatic carbocycles. The van der Waals surface area contributed by atoms with Gasteiger partial charge in [-0.2, -0.15) is 4.39 Å². The molecule has 0 heterocycles. The number of benzene rings is 2. The maximum atomic E-state index is 13.4. The van der Waals surface area contributed by atoms with Crippen molar-refractivity contribution in [3.05, 3.63) is 65.2 Å². The van der Waals surface area contributed by atoms with Crippen LogP contribution >= 0.6 is 0 Å². The molecule has 0 bridgehead atoms. The summed E-state index contributed by atoms with van der Waals surface area (Å²) in [5.41, 5.74) is -0.127. The van der Waals surface area contributed by atoms with Crippen LogP contribution in [-0.4, -0.2) is 11.9 Å². The molecule has 1 unspecified atom stereocenters. The number of carbonyl (C=O) groups is 1. The van der Waals surface area contributed by atoms with Crippen LogP contribution in [0.25, 0.3) is 0 Å². The zero-order valence-electron chi connectivity index (χ0n) is 10.9. The molecule has 6 heteroatoms. The first-order valence-electron chi connectivity index (χ1n) is 6.00. The Morgan fingerprint density at radius 2 is 1.71 bits per heavy atom. The number of hydrogen-bond acceptors (Lipinski definition) is 2. The van der Waals surface area contributed by atoms with Gasteiger partial charge >= 0.3 is 0 Å². The molecular weight excluding hydrogens is 288 g/mol. The Morgan fingerprint density at radius 3 is 2.38 bits per heavy atom. The van der Waals surface area contributed by atoms with Gasteiger partial charge in [-0.05, 0) is 37.3 Å². The zero-order valence-corrected chi connectivity index (χ0v) is 10.9. The molecule has 2 rings (SSSR count). The normalized spacial score (nSPS) is 12.0. The van der Waals surface area contributed by atoms with Gasteiger partial charge < -0.3 is 4.74 Å². The van der Waals surface area contributed by atoms with Crippen LogP contribution in [0.4, 0.5) is 17.6 Å². The lowest BCUT2D eigenvalue weighted by Crippen LogP contribution is -2.24. The maximum Gasteiger partial charge on any atom is 0.203 e. The number of ether oxygens (including phenoxy) is 1. The van der Waals surface area contributed by atoms with Gasteiger partial charge in [0.25, 0.3) is 0 Å². The molecule has 0 amide bonds. The molecule has 1 atom stereocenters. The van der Waals surface area contributed by atoms with E-state index in [9.17, 15) is 22.4 Å². The SMILES string of the molecule is CC(Oc1cccc(F)c1F)C(=O)c1ccc(F)c(F)c1. The lowest BCUT2D eigenvalue weighted by molar-refractivity contribution is 0.0810. The van der Waals surface area contributed by atoms with Crippen LogP contribution in [0.3, 0.4) is 0 Å². The fraction of sp³-hybridized carbons (Fsp3) is 0.133. The van der Waals surface area contributed by atoms with Crippen molar-refractivity contribution in [1.29, 1.82) is 0 Å². The van der Waals surface area contributed by atoms with Gasteiger partial charge in [0, 0.05) is 5.56 Å². The summed E-state index contributed by atoms with van der Waals surface area (Å²) in [7, 11) is 0. The molecule has 0 N–H and O–H groups in total. The predicted molar refractivity (Wildman–Crippen MR) is 67.1 cm³/mol. The Hall–Kier alpha value is -2.37. The first-order chi connectivity index (χ1) is 9.90.